The van der Waals surface area contributed by atoms with Crippen molar-refractivity contribution >= 4 is 27.3 Å². The molecule has 29 heavy (non-hydrogen) atoms. The van der Waals surface area contributed by atoms with Crippen molar-refractivity contribution in [1.29, 1.82) is 0 Å². The molecule has 0 radical (unpaired) electrons. The topological polar surface area (TPSA) is 75.5 Å². The standard InChI is InChI=1S/C20H22N4O3S2/c1-16-7-8-20(28-16)29(26,27)23-11-9-22(10-12-23)19(25)13-17-14-21-24(15-17)18-5-3-2-4-6-18/h2-8,14-15H,9-13H2,1H3. The van der Waals surface area contributed by atoms with Gasteiger partial charge in [-0.3, -0.25) is 4.79 Å². The molecule has 0 bridgehead atoms. The third-order valence-corrected chi connectivity index (χ3v) is 8.28. The molecule has 1 fully saturated rings. The number of aryl methyl sites for hydroxylation is 1. The summed E-state index contributed by atoms with van der Waals surface area (Å²) in [5.74, 6) is -0.0124. The summed E-state index contributed by atoms with van der Waals surface area (Å²) in [7, 11) is -3.48. The van der Waals surface area contributed by atoms with E-state index in [4.69, 9.17) is 0 Å². The van der Waals surface area contributed by atoms with Crippen LogP contribution >= 0.6 is 11.3 Å². The zero-order valence-electron chi connectivity index (χ0n) is 16.1. The van der Waals surface area contributed by atoms with Crippen molar-refractivity contribution in [3.05, 3.63) is 65.3 Å². The van der Waals surface area contributed by atoms with Gasteiger partial charge in [0, 0.05) is 37.3 Å². The lowest BCUT2D eigenvalue weighted by Crippen LogP contribution is -2.50. The Morgan fingerprint density at radius 2 is 1.79 bits per heavy atom. The normalized spacial score (nSPS) is 15.6. The summed E-state index contributed by atoms with van der Waals surface area (Å²) < 4.78 is 29.0. The summed E-state index contributed by atoms with van der Waals surface area (Å²) >= 11 is 1.28. The maximum Gasteiger partial charge on any atom is 0.252 e. The molecule has 0 saturated carbocycles. The van der Waals surface area contributed by atoms with Gasteiger partial charge >= 0.3 is 0 Å². The Bertz CT molecular complexity index is 1100. The molecular formula is C20H22N4O3S2. The van der Waals surface area contributed by atoms with Crippen LogP contribution in [0.25, 0.3) is 5.69 Å². The van der Waals surface area contributed by atoms with E-state index in [-0.39, 0.29) is 12.3 Å². The Balaban J connectivity index is 1.35. The van der Waals surface area contributed by atoms with Gasteiger partial charge in [-0.2, -0.15) is 9.40 Å². The highest BCUT2D eigenvalue weighted by Crippen LogP contribution is 2.25. The molecule has 0 aliphatic carbocycles. The van der Waals surface area contributed by atoms with E-state index in [1.54, 1.807) is 21.8 Å². The highest BCUT2D eigenvalue weighted by Gasteiger charge is 2.31. The van der Waals surface area contributed by atoms with E-state index in [0.29, 0.717) is 30.4 Å². The van der Waals surface area contributed by atoms with E-state index in [9.17, 15) is 13.2 Å². The number of carbonyl (C=O) groups excluding carboxylic acids is 1. The lowest BCUT2D eigenvalue weighted by Gasteiger charge is -2.33. The fraction of sp³-hybridized carbons (Fsp3) is 0.300. The summed E-state index contributed by atoms with van der Waals surface area (Å²) in [6.45, 7) is 3.31. The largest absolute Gasteiger partial charge is 0.340 e. The van der Waals surface area contributed by atoms with E-state index < -0.39 is 10.0 Å². The van der Waals surface area contributed by atoms with Crippen molar-refractivity contribution in [3.8, 4) is 5.69 Å². The second-order valence-corrected chi connectivity index (χ2v) is 10.4. The third kappa shape index (κ3) is 4.26. The smallest absolute Gasteiger partial charge is 0.252 e. The number of carbonyl (C=O) groups is 1. The zero-order chi connectivity index (χ0) is 20.4. The van der Waals surface area contributed by atoms with Gasteiger partial charge in [-0.1, -0.05) is 18.2 Å². The summed E-state index contributed by atoms with van der Waals surface area (Å²) in [6.07, 6.45) is 3.81. The maximum absolute atomic E-state index is 12.7. The first-order valence-corrected chi connectivity index (χ1v) is 11.6. The van der Waals surface area contributed by atoms with Crippen LogP contribution in [0.3, 0.4) is 0 Å². The van der Waals surface area contributed by atoms with Crippen LogP contribution in [0.15, 0.2) is 59.1 Å². The second kappa shape index (κ2) is 8.10. The SMILES string of the molecule is Cc1ccc(S(=O)(=O)N2CCN(C(=O)Cc3cnn(-c4ccccc4)c3)CC2)s1. The summed E-state index contributed by atoms with van der Waals surface area (Å²) in [4.78, 5) is 15.4. The van der Waals surface area contributed by atoms with Crippen LogP contribution in [-0.4, -0.2) is 59.5 Å². The average Bonchev–Trinajstić information content (AvgIpc) is 3.38. The first-order chi connectivity index (χ1) is 13.9. The molecule has 1 aromatic carbocycles. The van der Waals surface area contributed by atoms with Gasteiger partial charge in [-0.05, 0) is 36.8 Å². The van der Waals surface area contributed by atoms with Crippen LogP contribution in [0, 0.1) is 6.92 Å². The highest BCUT2D eigenvalue weighted by atomic mass is 32.2. The van der Waals surface area contributed by atoms with E-state index in [1.807, 2.05) is 49.5 Å². The number of hydrogen-bond donors (Lipinski definition) is 0. The molecule has 2 aromatic heterocycles. The van der Waals surface area contributed by atoms with Gasteiger partial charge in [-0.25, -0.2) is 13.1 Å². The monoisotopic (exact) mass is 430 g/mol. The van der Waals surface area contributed by atoms with Crippen molar-refractivity contribution in [2.75, 3.05) is 26.2 Å². The molecule has 1 aliphatic heterocycles. The van der Waals surface area contributed by atoms with E-state index in [2.05, 4.69) is 5.10 Å². The Kier molecular flexibility index (Phi) is 5.53. The number of benzene rings is 1. The predicted octanol–water partition coefficient (Wildman–Crippen LogP) is 2.32. The third-order valence-electron chi connectivity index (χ3n) is 4.91. The molecule has 0 N–H and O–H groups in total. The fourth-order valence-corrected chi connectivity index (χ4v) is 6.18. The van der Waals surface area contributed by atoms with Crippen LogP contribution < -0.4 is 0 Å². The second-order valence-electron chi connectivity index (χ2n) is 6.96. The first-order valence-electron chi connectivity index (χ1n) is 9.37. The Morgan fingerprint density at radius 3 is 2.45 bits per heavy atom. The maximum atomic E-state index is 12.7. The van der Waals surface area contributed by atoms with E-state index in [0.717, 1.165) is 16.1 Å². The Hall–Kier alpha value is -2.49. The molecule has 0 spiro atoms. The number of sulfonamides is 1. The zero-order valence-corrected chi connectivity index (χ0v) is 17.7. The molecule has 0 unspecified atom stereocenters. The fourth-order valence-electron chi connectivity index (χ4n) is 3.32. The summed E-state index contributed by atoms with van der Waals surface area (Å²) in [6, 6.07) is 13.2. The van der Waals surface area contributed by atoms with Gasteiger partial charge in [0.05, 0.1) is 18.3 Å². The first kappa shape index (κ1) is 19.8. The lowest BCUT2D eigenvalue weighted by atomic mass is 10.2. The van der Waals surface area contributed by atoms with Gasteiger partial charge < -0.3 is 4.90 Å². The van der Waals surface area contributed by atoms with Crippen molar-refractivity contribution in [2.24, 2.45) is 0 Å². The molecule has 0 atom stereocenters. The van der Waals surface area contributed by atoms with Crippen LogP contribution in [0.2, 0.25) is 0 Å². The minimum atomic E-state index is -3.48. The number of piperazine rings is 1. The van der Waals surface area contributed by atoms with Crippen LogP contribution in [-0.2, 0) is 21.2 Å². The molecule has 1 saturated heterocycles. The van der Waals surface area contributed by atoms with Gasteiger partial charge in [-0.15, -0.1) is 11.3 Å². The molecule has 1 amide bonds. The van der Waals surface area contributed by atoms with Crippen molar-refractivity contribution in [1.82, 2.24) is 19.0 Å². The van der Waals surface area contributed by atoms with Crippen LogP contribution in [0.1, 0.15) is 10.4 Å². The van der Waals surface area contributed by atoms with Gasteiger partial charge in [0.1, 0.15) is 4.21 Å². The molecule has 3 heterocycles. The summed E-state index contributed by atoms with van der Waals surface area (Å²) in [5, 5.41) is 4.32. The lowest BCUT2D eigenvalue weighted by molar-refractivity contribution is -0.131. The van der Waals surface area contributed by atoms with Crippen molar-refractivity contribution < 1.29 is 13.2 Å². The summed E-state index contributed by atoms with van der Waals surface area (Å²) in [5.41, 5.74) is 1.77. The van der Waals surface area contributed by atoms with Crippen molar-refractivity contribution in [3.63, 3.8) is 0 Å². The quantitative estimate of drug-likeness (QED) is 0.623. The molecule has 3 aromatic rings. The molecule has 9 heteroatoms. The van der Waals surface area contributed by atoms with E-state index >= 15 is 0 Å². The number of thiophene rings is 1. The number of hydrogen-bond acceptors (Lipinski definition) is 5. The van der Waals surface area contributed by atoms with Gasteiger partial charge in [0.2, 0.25) is 5.91 Å². The Labute approximate surface area is 174 Å². The van der Waals surface area contributed by atoms with Gasteiger partial charge in [0.25, 0.3) is 10.0 Å². The molecule has 4 rings (SSSR count). The number of amides is 1. The van der Waals surface area contributed by atoms with Crippen LogP contribution in [0.4, 0.5) is 0 Å². The molecule has 152 valence electrons. The minimum Gasteiger partial charge on any atom is -0.340 e. The predicted molar refractivity (Wildman–Crippen MR) is 112 cm³/mol. The van der Waals surface area contributed by atoms with Gasteiger partial charge in [0.15, 0.2) is 0 Å². The Morgan fingerprint density at radius 1 is 1.07 bits per heavy atom. The number of rotatable bonds is 5. The van der Waals surface area contributed by atoms with E-state index in [1.165, 1.54) is 15.6 Å². The van der Waals surface area contributed by atoms with Crippen molar-refractivity contribution in [2.45, 2.75) is 17.6 Å². The molecule has 7 nitrogen and oxygen atoms in total. The molecule has 1 aliphatic rings. The molecular weight excluding hydrogens is 408 g/mol. The average molecular weight is 431 g/mol. The number of aromatic nitrogens is 2. The number of nitrogens with zero attached hydrogens (tertiary/aromatic N) is 4. The minimum absolute atomic E-state index is 0.0124. The number of para-hydroxylation sites is 1. The highest BCUT2D eigenvalue weighted by molar-refractivity contribution is 7.91. The van der Waals surface area contributed by atoms with Crippen LogP contribution in [0.5, 0.6) is 0 Å².